The van der Waals surface area contributed by atoms with Crippen molar-refractivity contribution in [2.45, 2.75) is 68.9 Å². The number of aromatic nitrogens is 1. The Hall–Kier alpha value is -3.16. The third kappa shape index (κ3) is 2.93. The zero-order chi connectivity index (χ0) is 29.5. The van der Waals surface area contributed by atoms with Gasteiger partial charge in [-0.15, -0.1) is 0 Å². The minimum Gasteiger partial charge on any atom is -0.388 e. The van der Waals surface area contributed by atoms with Crippen LogP contribution in [0.5, 0.6) is 0 Å². The third-order valence-electron chi connectivity index (χ3n) is 13.4. The standard InChI is InChI=1S/C38H42N4O2/c1-3-22-19-40-15-13-25-24-9-5-7-11-30(24)39-34(25)32(40)17-26(22)28-21-42-31-12-8-6-10-29(31)37-14-16-41-20-23(4-2)27(18-38(37,41)44)33(35(28)43)36(37)42/h3-12,21,26-27,32-33,35-36,39,43-44H,13-20H2,1-2H3/t26-,27-,32-,33-,35+,36-,37-,38+/m0/s1. The van der Waals surface area contributed by atoms with Gasteiger partial charge in [-0.25, -0.2) is 0 Å². The lowest BCUT2D eigenvalue weighted by Gasteiger charge is -2.63. The molecule has 6 aliphatic heterocycles. The quantitative estimate of drug-likeness (QED) is 0.333. The van der Waals surface area contributed by atoms with E-state index in [1.54, 1.807) is 0 Å². The van der Waals surface area contributed by atoms with Gasteiger partial charge < -0.3 is 20.1 Å². The van der Waals surface area contributed by atoms with E-state index in [9.17, 15) is 10.2 Å². The number of benzene rings is 2. The molecule has 10 rings (SSSR count). The van der Waals surface area contributed by atoms with Crippen molar-refractivity contribution in [2.24, 2.45) is 17.8 Å². The Morgan fingerprint density at radius 3 is 2.66 bits per heavy atom. The van der Waals surface area contributed by atoms with Crippen LogP contribution >= 0.6 is 0 Å². The summed E-state index contributed by atoms with van der Waals surface area (Å²) in [5.41, 5.74) is 9.34. The van der Waals surface area contributed by atoms with E-state index < -0.39 is 11.8 Å². The van der Waals surface area contributed by atoms with Crippen LogP contribution in [0.1, 0.15) is 56.0 Å². The summed E-state index contributed by atoms with van der Waals surface area (Å²) in [6, 6.07) is 17.9. The SMILES string of the molecule is CC=C1CN2CCc3c([nH]c4ccccc34)[C@@H]2C[C@@H]1C1=CN2c3ccccc3[C@]34CCN5CC(=CC)[C@H](C[C@]53O)[C@@H]([C@@H]1O)[C@H]24. The summed E-state index contributed by atoms with van der Waals surface area (Å²) in [6.45, 7) is 8.05. The van der Waals surface area contributed by atoms with Crippen LogP contribution in [0.3, 0.4) is 0 Å². The van der Waals surface area contributed by atoms with Crippen molar-refractivity contribution in [3.8, 4) is 0 Å². The average molecular weight is 587 g/mol. The van der Waals surface area contributed by atoms with E-state index in [4.69, 9.17) is 0 Å². The Labute approximate surface area is 259 Å². The number of fused-ring (bicyclic) bond motifs is 9. The molecule has 0 amide bonds. The average Bonchev–Trinajstić information content (AvgIpc) is 3.69. The summed E-state index contributed by atoms with van der Waals surface area (Å²) in [7, 11) is 0. The summed E-state index contributed by atoms with van der Waals surface area (Å²) in [6.07, 6.45) is 10.1. The van der Waals surface area contributed by atoms with E-state index in [-0.39, 0.29) is 29.2 Å². The lowest BCUT2D eigenvalue weighted by molar-refractivity contribution is -0.191. The molecule has 3 N–H and O–H groups in total. The Morgan fingerprint density at radius 1 is 0.977 bits per heavy atom. The van der Waals surface area contributed by atoms with Crippen LogP contribution in [0.2, 0.25) is 0 Å². The second-order valence-corrected chi connectivity index (χ2v) is 14.6. The molecule has 4 fully saturated rings. The lowest BCUT2D eigenvalue weighted by atomic mass is 9.51. The molecule has 1 aromatic heterocycles. The molecule has 1 spiro atoms. The first-order chi connectivity index (χ1) is 21.5. The van der Waals surface area contributed by atoms with Crippen molar-refractivity contribution < 1.29 is 10.2 Å². The molecule has 2 aromatic carbocycles. The minimum atomic E-state index is -0.880. The van der Waals surface area contributed by atoms with Gasteiger partial charge in [-0.05, 0) is 74.3 Å². The number of para-hydroxylation sites is 2. The highest BCUT2D eigenvalue weighted by molar-refractivity contribution is 5.85. The van der Waals surface area contributed by atoms with E-state index in [0.717, 1.165) is 45.4 Å². The number of hydrogen-bond donors (Lipinski definition) is 3. The summed E-state index contributed by atoms with van der Waals surface area (Å²) < 4.78 is 0. The Bertz CT molecular complexity index is 1820. The van der Waals surface area contributed by atoms with Gasteiger partial charge in [-0.1, -0.05) is 59.7 Å². The van der Waals surface area contributed by atoms with E-state index in [0.29, 0.717) is 12.5 Å². The van der Waals surface area contributed by atoms with Crippen LogP contribution in [-0.4, -0.2) is 69.0 Å². The normalized spacial score (nSPS) is 40.6. The van der Waals surface area contributed by atoms with Gasteiger partial charge in [0.05, 0.1) is 23.6 Å². The predicted molar refractivity (Wildman–Crippen MR) is 173 cm³/mol. The molecule has 3 saturated heterocycles. The number of allylic oxidation sites excluding steroid dienone is 2. The molecule has 6 nitrogen and oxygen atoms in total. The third-order valence-corrected chi connectivity index (χ3v) is 13.4. The molecule has 8 atom stereocenters. The predicted octanol–water partition coefficient (Wildman–Crippen LogP) is 5.41. The van der Waals surface area contributed by atoms with Gasteiger partial charge in [-0.2, -0.15) is 0 Å². The maximum absolute atomic E-state index is 12.7. The molecule has 0 radical (unpaired) electrons. The number of nitrogens with zero attached hydrogens (tertiary/aromatic N) is 3. The van der Waals surface area contributed by atoms with Crippen LogP contribution in [-0.2, 0) is 11.8 Å². The van der Waals surface area contributed by atoms with Gasteiger partial charge in [0.25, 0.3) is 0 Å². The fourth-order valence-corrected chi connectivity index (χ4v) is 11.5. The van der Waals surface area contributed by atoms with Crippen LogP contribution in [0.25, 0.3) is 10.9 Å². The van der Waals surface area contributed by atoms with Gasteiger partial charge in [0, 0.05) is 66.5 Å². The Kier molecular flexibility index (Phi) is 5.19. The van der Waals surface area contributed by atoms with Crippen LogP contribution in [0, 0.1) is 17.8 Å². The number of H-pyrrole nitrogens is 1. The summed E-state index contributed by atoms with van der Waals surface area (Å²) >= 11 is 0. The molecule has 6 heteroatoms. The molecule has 3 aromatic rings. The maximum Gasteiger partial charge on any atom is 0.131 e. The van der Waals surface area contributed by atoms with Crippen molar-refractivity contribution in [1.82, 2.24) is 14.8 Å². The fraction of sp³-hybridized carbons (Fsp3) is 0.474. The maximum atomic E-state index is 12.7. The van der Waals surface area contributed by atoms with Gasteiger partial charge >= 0.3 is 0 Å². The first kappa shape index (κ1) is 26.1. The smallest absolute Gasteiger partial charge is 0.131 e. The zero-order valence-electron chi connectivity index (χ0n) is 25.7. The second kappa shape index (κ2) is 8.76. The number of hydrogen-bond acceptors (Lipinski definition) is 5. The topological polar surface area (TPSA) is 66.0 Å². The van der Waals surface area contributed by atoms with Crippen LogP contribution in [0.15, 0.2) is 83.6 Å². The summed E-state index contributed by atoms with van der Waals surface area (Å²) in [4.78, 5) is 11.4. The van der Waals surface area contributed by atoms with Gasteiger partial charge in [0.1, 0.15) is 5.72 Å². The number of aliphatic hydroxyl groups excluding tert-OH is 1. The van der Waals surface area contributed by atoms with E-state index in [2.05, 4.69) is 100 Å². The fourth-order valence-electron chi connectivity index (χ4n) is 11.5. The number of aromatic amines is 1. The number of nitrogens with one attached hydrogen (secondary N) is 1. The van der Waals surface area contributed by atoms with Crippen molar-refractivity contribution in [2.75, 3.05) is 31.1 Å². The zero-order valence-corrected chi connectivity index (χ0v) is 25.7. The summed E-state index contributed by atoms with van der Waals surface area (Å²) in [5.74, 6) is 0.384. The molecule has 7 heterocycles. The molecular formula is C38H42N4O2. The van der Waals surface area contributed by atoms with E-state index >= 15 is 0 Å². The summed E-state index contributed by atoms with van der Waals surface area (Å²) in [5, 5.41) is 26.8. The largest absolute Gasteiger partial charge is 0.388 e. The van der Waals surface area contributed by atoms with Crippen molar-refractivity contribution in [1.29, 1.82) is 0 Å². The molecule has 7 aliphatic rings. The van der Waals surface area contributed by atoms with Crippen molar-refractivity contribution in [3.63, 3.8) is 0 Å². The highest BCUT2D eigenvalue weighted by atomic mass is 16.3. The highest BCUT2D eigenvalue weighted by Crippen LogP contribution is 2.69. The first-order valence-electron chi connectivity index (χ1n) is 16.9. The van der Waals surface area contributed by atoms with Crippen LogP contribution in [0.4, 0.5) is 5.69 Å². The van der Waals surface area contributed by atoms with E-state index in [1.165, 1.54) is 50.1 Å². The molecule has 1 aliphatic carbocycles. The van der Waals surface area contributed by atoms with Gasteiger partial charge in [0.15, 0.2) is 0 Å². The van der Waals surface area contributed by atoms with Crippen LogP contribution < -0.4 is 4.90 Å². The number of rotatable bonds is 1. The molecular weight excluding hydrogens is 544 g/mol. The second-order valence-electron chi connectivity index (χ2n) is 14.6. The van der Waals surface area contributed by atoms with E-state index in [1.807, 2.05) is 0 Å². The highest BCUT2D eigenvalue weighted by Gasteiger charge is 2.75. The number of anilines is 1. The van der Waals surface area contributed by atoms with Gasteiger partial charge in [0.2, 0.25) is 0 Å². The van der Waals surface area contributed by atoms with Gasteiger partial charge in [-0.3, -0.25) is 9.80 Å². The molecule has 1 saturated carbocycles. The molecule has 0 unspecified atom stereocenters. The Balaban J connectivity index is 1.13. The molecule has 226 valence electrons. The Morgan fingerprint density at radius 2 is 1.80 bits per heavy atom. The first-order valence-corrected chi connectivity index (χ1v) is 16.9. The molecule has 2 bridgehead atoms. The molecule has 44 heavy (non-hydrogen) atoms. The van der Waals surface area contributed by atoms with Crippen molar-refractivity contribution >= 4 is 16.6 Å². The minimum absolute atomic E-state index is 0.0419. The lowest BCUT2D eigenvalue weighted by Crippen LogP contribution is -2.73. The monoisotopic (exact) mass is 586 g/mol. The van der Waals surface area contributed by atoms with Crippen molar-refractivity contribution in [3.05, 3.63) is 100 Å². The number of piperidine rings is 2. The number of aliphatic hydroxyl groups is 2.